The molecule has 3 rings (SSSR count). The Balaban J connectivity index is 1.69. The van der Waals surface area contributed by atoms with Crippen LogP contribution in [0.25, 0.3) is 0 Å². The van der Waals surface area contributed by atoms with Crippen molar-refractivity contribution in [1.29, 1.82) is 0 Å². The summed E-state index contributed by atoms with van der Waals surface area (Å²) in [5.41, 5.74) is 2.42. The van der Waals surface area contributed by atoms with E-state index >= 15 is 0 Å². The number of carbonyl (C=O) groups excluding carboxylic acids is 1. The van der Waals surface area contributed by atoms with Gasteiger partial charge in [-0.15, -0.1) is 0 Å². The third kappa shape index (κ3) is 3.33. The lowest BCUT2D eigenvalue weighted by Crippen LogP contribution is -2.49. The van der Waals surface area contributed by atoms with Gasteiger partial charge in [0, 0.05) is 43.5 Å². The predicted molar refractivity (Wildman–Crippen MR) is 85.7 cm³/mol. The molecule has 1 aliphatic rings. The number of benzene rings is 2. The van der Waals surface area contributed by atoms with E-state index in [2.05, 4.69) is 24.0 Å². The highest BCUT2D eigenvalue weighted by molar-refractivity contribution is 5.94. The molecule has 0 aliphatic carbocycles. The van der Waals surface area contributed by atoms with Crippen molar-refractivity contribution in [2.45, 2.75) is 6.92 Å². The largest absolute Gasteiger partial charge is 0.368 e. The smallest absolute Gasteiger partial charge is 0.254 e. The first-order chi connectivity index (χ1) is 11.0. The molecule has 23 heavy (non-hydrogen) atoms. The molecule has 2 aromatic rings. The average Bonchev–Trinajstić information content (AvgIpc) is 2.54. The first-order valence-electron chi connectivity index (χ1n) is 7.60. The maximum absolute atomic E-state index is 13.3. The highest BCUT2D eigenvalue weighted by Crippen LogP contribution is 2.21. The lowest BCUT2D eigenvalue weighted by Gasteiger charge is -2.36. The number of piperazine rings is 1. The first-order valence-corrected chi connectivity index (χ1v) is 7.60. The molecule has 5 heteroatoms. The van der Waals surface area contributed by atoms with E-state index in [0.29, 0.717) is 26.2 Å². The normalized spacial score (nSPS) is 14.9. The Hall–Kier alpha value is -2.43. The Morgan fingerprint density at radius 2 is 1.57 bits per heavy atom. The quantitative estimate of drug-likeness (QED) is 0.849. The second-order valence-corrected chi connectivity index (χ2v) is 5.72. The molecular formula is C18H18F2N2O. The second kappa shape index (κ2) is 6.36. The van der Waals surface area contributed by atoms with Crippen LogP contribution in [0.4, 0.5) is 14.5 Å². The summed E-state index contributed by atoms with van der Waals surface area (Å²) in [6.07, 6.45) is 0. The van der Waals surface area contributed by atoms with Crippen LogP contribution < -0.4 is 4.90 Å². The number of aryl methyl sites for hydroxylation is 1. The van der Waals surface area contributed by atoms with Gasteiger partial charge in [-0.3, -0.25) is 4.79 Å². The molecule has 0 bridgehead atoms. The highest BCUT2D eigenvalue weighted by Gasteiger charge is 2.23. The molecule has 1 fully saturated rings. The summed E-state index contributed by atoms with van der Waals surface area (Å²) < 4.78 is 26.5. The van der Waals surface area contributed by atoms with Gasteiger partial charge in [0.15, 0.2) is 0 Å². The van der Waals surface area contributed by atoms with Crippen LogP contribution in [0.2, 0.25) is 0 Å². The molecule has 120 valence electrons. The molecule has 1 aliphatic heterocycles. The number of anilines is 1. The fraction of sp³-hybridized carbons (Fsp3) is 0.278. The summed E-state index contributed by atoms with van der Waals surface area (Å²) in [6.45, 7) is 4.53. The Kier molecular flexibility index (Phi) is 4.28. The van der Waals surface area contributed by atoms with Crippen LogP contribution in [0, 0.1) is 18.6 Å². The molecule has 0 N–H and O–H groups in total. The minimum Gasteiger partial charge on any atom is -0.368 e. The molecular weight excluding hydrogens is 298 g/mol. The molecule has 1 heterocycles. The Morgan fingerprint density at radius 3 is 2.17 bits per heavy atom. The van der Waals surface area contributed by atoms with Crippen molar-refractivity contribution in [3.8, 4) is 0 Å². The van der Waals surface area contributed by atoms with E-state index < -0.39 is 11.6 Å². The summed E-state index contributed by atoms with van der Waals surface area (Å²) in [4.78, 5) is 16.3. The molecule has 3 nitrogen and oxygen atoms in total. The van der Waals surface area contributed by atoms with Gasteiger partial charge in [-0.2, -0.15) is 0 Å². The minimum atomic E-state index is -0.730. The van der Waals surface area contributed by atoms with E-state index in [9.17, 15) is 13.6 Å². The Labute approximate surface area is 134 Å². The van der Waals surface area contributed by atoms with Crippen molar-refractivity contribution in [2.75, 3.05) is 31.1 Å². The molecule has 2 aromatic carbocycles. The zero-order valence-corrected chi connectivity index (χ0v) is 12.9. The van der Waals surface area contributed by atoms with E-state index in [0.717, 1.165) is 23.9 Å². The molecule has 1 amide bonds. The number of rotatable bonds is 2. The van der Waals surface area contributed by atoms with Gasteiger partial charge in [-0.1, -0.05) is 18.2 Å². The Morgan fingerprint density at radius 1 is 0.957 bits per heavy atom. The maximum atomic E-state index is 13.3. The van der Waals surface area contributed by atoms with Crippen molar-refractivity contribution in [1.82, 2.24) is 4.90 Å². The van der Waals surface area contributed by atoms with E-state index in [-0.39, 0.29) is 11.5 Å². The maximum Gasteiger partial charge on any atom is 0.254 e. The average molecular weight is 316 g/mol. The van der Waals surface area contributed by atoms with Crippen LogP contribution in [0.1, 0.15) is 15.9 Å². The Bertz CT molecular complexity index is 704. The first kappa shape index (κ1) is 15.5. The second-order valence-electron chi connectivity index (χ2n) is 5.72. The van der Waals surface area contributed by atoms with Gasteiger partial charge < -0.3 is 9.80 Å². The van der Waals surface area contributed by atoms with E-state index in [1.165, 1.54) is 5.56 Å². The fourth-order valence-corrected chi connectivity index (χ4v) is 2.93. The molecule has 1 saturated heterocycles. The van der Waals surface area contributed by atoms with Crippen LogP contribution in [0.15, 0.2) is 42.5 Å². The number of amides is 1. The van der Waals surface area contributed by atoms with Gasteiger partial charge in [-0.05, 0) is 30.7 Å². The molecule has 0 spiro atoms. The number of carbonyl (C=O) groups is 1. The number of halogens is 2. The third-order valence-electron chi connectivity index (χ3n) is 4.13. The minimum absolute atomic E-state index is 0.0619. The van der Waals surface area contributed by atoms with Crippen molar-refractivity contribution in [2.24, 2.45) is 0 Å². The lowest BCUT2D eigenvalue weighted by atomic mass is 10.1. The van der Waals surface area contributed by atoms with E-state index in [1.54, 1.807) is 4.90 Å². The summed E-state index contributed by atoms with van der Waals surface area (Å²) in [5.74, 6) is -1.79. The van der Waals surface area contributed by atoms with Gasteiger partial charge in [0.2, 0.25) is 0 Å². The third-order valence-corrected chi connectivity index (χ3v) is 4.13. The van der Waals surface area contributed by atoms with Gasteiger partial charge in [0.1, 0.15) is 11.6 Å². The van der Waals surface area contributed by atoms with Gasteiger partial charge in [-0.25, -0.2) is 8.78 Å². The topological polar surface area (TPSA) is 23.6 Å². The van der Waals surface area contributed by atoms with Gasteiger partial charge >= 0.3 is 0 Å². The molecule has 0 unspecified atom stereocenters. The SMILES string of the molecule is Cc1ccccc1N1CCN(C(=O)c2cc(F)cc(F)c2)CC1. The zero-order valence-electron chi connectivity index (χ0n) is 12.9. The molecule has 0 radical (unpaired) electrons. The number of nitrogens with zero attached hydrogens (tertiary/aromatic N) is 2. The van der Waals surface area contributed by atoms with Crippen molar-refractivity contribution >= 4 is 11.6 Å². The van der Waals surface area contributed by atoms with E-state index in [1.807, 2.05) is 12.1 Å². The van der Waals surface area contributed by atoms with Crippen LogP contribution in [0.3, 0.4) is 0 Å². The molecule has 0 aromatic heterocycles. The summed E-state index contributed by atoms with van der Waals surface area (Å²) in [7, 11) is 0. The molecule has 0 atom stereocenters. The highest BCUT2D eigenvalue weighted by atomic mass is 19.1. The number of hydrogen-bond donors (Lipinski definition) is 0. The van der Waals surface area contributed by atoms with Crippen molar-refractivity contribution in [3.05, 3.63) is 65.2 Å². The standard InChI is InChI=1S/C18H18F2N2O/c1-13-4-2-3-5-17(13)21-6-8-22(9-7-21)18(23)14-10-15(19)12-16(20)11-14/h2-5,10-12H,6-9H2,1H3. The van der Waals surface area contributed by atoms with Crippen LogP contribution >= 0.6 is 0 Å². The van der Waals surface area contributed by atoms with Crippen molar-refractivity contribution in [3.63, 3.8) is 0 Å². The van der Waals surface area contributed by atoms with Gasteiger partial charge in [0.25, 0.3) is 5.91 Å². The van der Waals surface area contributed by atoms with Crippen LogP contribution in [-0.4, -0.2) is 37.0 Å². The monoisotopic (exact) mass is 316 g/mol. The number of para-hydroxylation sites is 1. The lowest BCUT2D eigenvalue weighted by molar-refractivity contribution is 0.0745. The summed E-state index contributed by atoms with van der Waals surface area (Å²) in [6, 6.07) is 11.1. The molecule has 0 saturated carbocycles. The van der Waals surface area contributed by atoms with E-state index in [4.69, 9.17) is 0 Å². The number of hydrogen-bond acceptors (Lipinski definition) is 2. The fourth-order valence-electron chi connectivity index (χ4n) is 2.93. The van der Waals surface area contributed by atoms with Crippen LogP contribution in [0.5, 0.6) is 0 Å². The van der Waals surface area contributed by atoms with Gasteiger partial charge in [0.05, 0.1) is 0 Å². The summed E-state index contributed by atoms with van der Waals surface area (Å²) >= 11 is 0. The van der Waals surface area contributed by atoms with Crippen LogP contribution in [-0.2, 0) is 0 Å². The zero-order chi connectivity index (χ0) is 16.4. The summed E-state index contributed by atoms with van der Waals surface area (Å²) in [5, 5.41) is 0. The van der Waals surface area contributed by atoms with Crippen molar-refractivity contribution < 1.29 is 13.6 Å². The predicted octanol–water partition coefficient (Wildman–Crippen LogP) is 3.24.